The van der Waals surface area contributed by atoms with Gasteiger partial charge in [0.2, 0.25) is 0 Å². The van der Waals surface area contributed by atoms with E-state index in [2.05, 4.69) is 21.0 Å². The van der Waals surface area contributed by atoms with E-state index in [1.54, 1.807) is 17.5 Å². The topological polar surface area (TPSA) is 34.9 Å². The summed E-state index contributed by atoms with van der Waals surface area (Å²) in [6.07, 6.45) is 2.65. The number of benzene rings is 1. The van der Waals surface area contributed by atoms with Crippen molar-refractivity contribution in [1.82, 2.24) is 9.78 Å². The van der Waals surface area contributed by atoms with Gasteiger partial charge in [-0.15, -0.1) is 11.3 Å². The lowest BCUT2D eigenvalue weighted by Crippen LogP contribution is -1.99. The molecule has 3 aromatic rings. The summed E-state index contributed by atoms with van der Waals surface area (Å²) in [6.45, 7) is 0.661. The Balaban J connectivity index is 1.95. The van der Waals surface area contributed by atoms with Gasteiger partial charge in [-0.05, 0) is 33.6 Å². The summed E-state index contributed by atoms with van der Waals surface area (Å²) in [7, 11) is 0. The smallest absolute Gasteiger partial charge is 0.153 e. The quantitative estimate of drug-likeness (QED) is 0.662. The number of hydrogen-bond acceptors (Lipinski definition) is 3. The van der Waals surface area contributed by atoms with Crippen LogP contribution in [0.3, 0.4) is 0 Å². The molecule has 0 spiro atoms. The van der Waals surface area contributed by atoms with Gasteiger partial charge in [0.1, 0.15) is 5.69 Å². The highest BCUT2D eigenvalue weighted by molar-refractivity contribution is 9.11. The van der Waals surface area contributed by atoms with Gasteiger partial charge >= 0.3 is 0 Å². The monoisotopic (exact) mass is 346 g/mol. The van der Waals surface area contributed by atoms with Crippen LogP contribution in [0.2, 0.25) is 0 Å². The lowest BCUT2D eigenvalue weighted by atomic mass is 10.2. The summed E-state index contributed by atoms with van der Waals surface area (Å²) in [5, 5.41) is 4.53. The molecule has 0 saturated carbocycles. The van der Waals surface area contributed by atoms with Crippen molar-refractivity contribution < 1.29 is 4.79 Å². The van der Waals surface area contributed by atoms with E-state index in [4.69, 9.17) is 0 Å². The lowest BCUT2D eigenvalue weighted by Gasteiger charge is -2.00. The third-order valence-corrected chi connectivity index (χ3v) is 4.54. The second-order valence-corrected chi connectivity index (χ2v) is 6.80. The zero-order valence-electron chi connectivity index (χ0n) is 10.5. The van der Waals surface area contributed by atoms with Crippen molar-refractivity contribution in [2.75, 3.05) is 0 Å². The normalized spacial score (nSPS) is 10.7. The maximum atomic E-state index is 11.2. The molecule has 0 atom stereocenters. The van der Waals surface area contributed by atoms with Gasteiger partial charge in [0.25, 0.3) is 0 Å². The molecule has 0 aliphatic heterocycles. The van der Waals surface area contributed by atoms with E-state index >= 15 is 0 Å². The molecule has 1 aromatic carbocycles. The van der Waals surface area contributed by atoms with Crippen molar-refractivity contribution in [3.05, 3.63) is 63.6 Å². The average Bonchev–Trinajstić information content (AvgIpc) is 3.06. The number of aldehydes is 1. The summed E-state index contributed by atoms with van der Waals surface area (Å²) in [6, 6.07) is 14.0. The molecule has 20 heavy (non-hydrogen) atoms. The summed E-state index contributed by atoms with van der Waals surface area (Å²) in [4.78, 5) is 12.2. The van der Waals surface area contributed by atoms with E-state index < -0.39 is 0 Å². The van der Waals surface area contributed by atoms with Crippen LogP contribution in [0.1, 0.15) is 15.9 Å². The summed E-state index contributed by atoms with van der Waals surface area (Å²) >= 11 is 5.00. The Labute approximate surface area is 129 Å². The van der Waals surface area contributed by atoms with Crippen molar-refractivity contribution in [3.63, 3.8) is 0 Å². The molecule has 2 heterocycles. The van der Waals surface area contributed by atoms with Gasteiger partial charge < -0.3 is 0 Å². The number of hydrogen-bond donors (Lipinski definition) is 0. The summed E-state index contributed by atoms with van der Waals surface area (Å²) in [5.74, 6) is 0. The Hall–Kier alpha value is -1.72. The fraction of sp³-hybridized carbons (Fsp3) is 0.0667. The molecule has 100 valence electrons. The number of rotatable bonds is 4. The van der Waals surface area contributed by atoms with Crippen LogP contribution >= 0.6 is 27.3 Å². The van der Waals surface area contributed by atoms with Gasteiger partial charge in [0.05, 0.1) is 20.8 Å². The molecule has 3 rings (SSSR count). The van der Waals surface area contributed by atoms with Crippen molar-refractivity contribution in [2.45, 2.75) is 6.54 Å². The minimum atomic E-state index is 0.621. The molecule has 0 amide bonds. The van der Waals surface area contributed by atoms with Crippen molar-refractivity contribution in [1.29, 1.82) is 0 Å². The number of halogens is 1. The third kappa shape index (κ3) is 2.73. The van der Waals surface area contributed by atoms with E-state index in [0.29, 0.717) is 12.1 Å². The van der Waals surface area contributed by atoms with E-state index in [1.807, 2.05) is 47.1 Å². The van der Waals surface area contributed by atoms with E-state index in [0.717, 1.165) is 26.2 Å². The van der Waals surface area contributed by atoms with Crippen molar-refractivity contribution >= 4 is 33.6 Å². The Morgan fingerprint density at radius 1 is 1.20 bits per heavy atom. The number of carbonyl (C=O) groups excluding carboxylic acids is 1. The Morgan fingerprint density at radius 2 is 2.00 bits per heavy atom. The van der Waals surface area contributed by atoms with Crippen LogP contribution in [0.4, 0.5) is 0 Å². The van der Waals surface area contributed by atoms with Gasteiger partial charge in [-0.25, -0.2) is 0 Å². The van der Waals surface area contributed by atoms with Crippen LogP contribution in [0.25, 0.3) is 10.6 Å². The molecule has 0 N–H and O–H groups in total. The highest BCUT2D eigenvalue weighted by atomic mass is 79.9. The van der Waals surface area contributed by atoms with E-state index in [-0.39, 0.29) is 0 Å². The molecule has 5 heteroatoms. The maximum absolute atomic E-state index is 11.2. The lowest BCUT2D eigenvalue weighted by molar-refractivity contribution is 0.112. The van der Waals surface area contributed by atoms with Gasteiger partial charge in [0.15, 0.2) is 6.29 Å². The van der Waals surface area contributed by atoms with Crippen LogP contribution in [0, 0.1) is 0 Å². The fourth-order valence-corrected chi connectivity index (χ4v) is 3.40. The first kappa shape index (κ1) is 13.3. The molecule has 0 saturated heterocycles. The highest BCUT2D eigenvalue weighted by Crippen LogP contribution is 2.31. The Morgan fingerprint density at radius 3 is 2.65 bits per heavy atom. The zero-order valence-corrected chi connectivity index (χ0v) is 12.9. The Kier molecular flexibility index (Phi) is 3.80. The van der Waals surface area contributed by atoms with Crippen LogP contribution in [0.5, 0.6) is 0 Å². The van der Waals surface area contributed by atoms with E-state index in [9.17, 15) is 4.79 Å². The number of nitrogens with zero attached hydrogens (tertiary/aromatic N) is 2. The highest BCUT2D eigenvalue weighted by Gasteiger charge is 2.12. The first-order valence-corrected chi connectivity index (χ1v) is 7.69. The molecule has 0 bridgehead atoms. The van der Waals surface area contributed by atoms with Crippen LogP contribution in [-0.4, -0.2) is 16.1 Å². The third-order valence-electron chi connectivity index (χ3n) is 2.91. The molecule has 2 aromatic heterocycles. The fourth-order valence-electron chi connectivity index (χ4n) is 2.01. The van der Waals surface area contributed by atoms with Crippen LogP contribution < -0.4 is 0 Å². The van der Waals surface area contributed by atoms with Gasteiger partial charge in [0, 0.05) is 6.20 Å². The largest absolute Gasteiger partial charge is 0.298 e. The van der Waals surface area contributed by atoms with Gasteiger partial charge in [-0.3, -0.25) is 9.48 Å². The standard InChI is InChI=1S/C15H11BrN2OS/c16-14-7-6-13(20-14)15-12(10-19)9-18(17-15)8-11-4-2-1-3-5-11/h1-7,9-10H,8H2. The molecular formula is C15H11BrN2OS. The number of aromatic nitrogens is 2. The minimum Gasteiger partial charge on any atom is -0.298 e. The first-order chi connectivity index (χ1) is 9.76. The van der Waals surface area contributed by atoms with Crippen LogP contribution in [0.15, 0.2) is 52.4 Å². The second kappa shape index (κ2) is 5.73. The predicted molar refractivity (Wildman–Crippen MR) is 84.2 cm³/mol. The summed E-state index contributed by atoms with van der Waals surface area (Å²) < 4.78 is 2.84. The SMILES string of the molecule is O=Cc1cn(Cc2ccccc2)nc1-c1ccc(Br)s1. The number of carbonyl (C=O) groups is 1. The van der Waals surface area contributed by atoms with E-state index in [1.165, 1.54) is 0 Å². The van der Waals surface area contributed by atoms with Gasteiger partial charge in [-0.2, -0.15) is 5.10 Å². The molecule has 0 aliphatic rings. The molecule has 0 fully saturated rings. The number of thiophene rings is 1. The molecule has 0 unspecified atom stereocenters. The minimum absolute atomic E-state index is 0.621. The summed E-state index contributed by atoms with van der Waals surface area (Å²) in [5.41, 5.74) is 2.52. The second-order valence-electron chi connectivity index (χ2n) is 4.34. The van der Waals surface area contributed by atoms with Crippen molar-refractivity contribution in [2.24, 2.45) is 0 Å². The van der Waals surface area contributed by atoms with Crippen LogP contribution in [-0.2, 0) is 6.54 Å². The molecule has 0 aliphatic carbocycles. The van der Waals surface area contributed by atoms with Gasteiger partial charge in [-0.1, -0.05) is 30.3 Å². The molecular weight excluding hydrogens is 336 g/mol. The average molecular weight is 347 g/mol. The predicted octanol–water partition coefficient (Wildman–Crippen LogP) is 4.23. The zero-order chi connectivity index (χ0) is 13.9. The molecule has 3 nitrogen and oxygen atoms in total. The first-order valence-electron chi connectivity index (χ1n) is 6.08. The van der Waals surface area contributed by atoms with Crippen molar-refractivity contribution in [3.8, 4) is 10.6 Å². The maximum Gasteiger partial charge on any atom is 0.153 e. The Bertz CT molecular complexity index is 733. The molecule has 0 radical (unpaired) electrons.